The maximum atomic E-state index is 4.13. The van der Waals surface area contributed by atoms with E-state index in [4.69, 9.17) is 0 Å². The Balaban J connectivity index is 0.00000172. The molecule has 0 atom stereocenters. The Labute approximate surface area is 127 Å². The van der Waals surface area contributed by atoms with Crippen molar-refractivity contribution < 1.29 is 0 Å². The van der Waals surface area contributed by atoms with Crippen LogP contribution >= 0.6 is 0 Å². The second-order valence-corrected chi connectivity index (χ2v) is 5.56. The van der Waals surface area contributed by atoms with E-state index in [0.29, 0.717) is 0 Å². The highest BCUT2D eigenvalue weighted by Crippen LogP contribution is 2.25. The first-order valence-corrected chi connectivity index (χ1v) is 8.32. The average molecular weight is 274 g/mol. The van der Waals surface area contributed by atoms with Crippen molar-refractivity contribution in [2.75, 3.05) is 0 Å². The fourth-order valence-electron chi connectivity index (χ4n) is 2.78. The molecule has 1 aromatic carbocycles. The van der Waals surface area contributed by atoms with Gasteiger partial charge in [-0.1, -0.05) is 76.3 Å². The minimum Gasteiger partial charge on any atom is -0.0955 e. The van der Waals surface area contributed by atoms with Gasteiger partial charge < -0.3 is 0 Å². The van der Waals surface area contributed by atoms with Crippen molar-refractivity contribution in [3.63, 3.8) is 0 Å². The summed E-state index contributed by atoms with van der Waals surface area (Å²) in [5.74, 6) is 0. The largest absolute Gasteiger partial charge is 0.0955 e. The lowest BCUT2D eigenvalue weighted by Gasteiger charge is -2.14. The molecular formula is C20H34. The third-order valence-electron chi connectivity index (χ3n) is 3.54. The van der Waals surface area contributed by atoms with Crippen molar-refractivity contribution in [1.29, 1.82) is 0 Å². The quantitative estimate of drug-likeness (QED) is 0.476. The highest BCUT2D eigenvalue weighted by molar-refractivity contribution is 5.68. The van der Waals surface area contributed by atoms with Gasteiger partial charge in [-0.3, -0.25) is 0 Å². The van der Waals surface area contributed by atoms with Crippen molar-refractivity contribution in [3.05, 3.63) is 41.0 Å². The molecule has 0 radical (unpaired) electrons. The summed E-state index contributed by atoms with van der Waals surface area (Å²) < 4.78 is 0. The van der Waals surface area contributed by atoms with Crippen molar-refractivity contribution in [2.24, 2.45) is 0 Å². The highest BCUT2D eigenvalue weighted by atomic mass is 14.1. The zero-order valence-corrected chi connectivity index (χ0v) is 14.6. The van der Waals surface area contributed by atoms with Gasteiger partial charge in [-0.25, -0.2) is 0 Å². The molecule has 0 heterocycles. The maximum Gasteiger partial charge on any atom is -0.0172 e. The Bertz CT molecular complexity index is 399. The lowest BCUT2D eigenvalue weighted by molar-refractivity contribution is 0.632. The van der Waals surface area contributed by atoms with Gasteiger partial charge >= 0.3 is 0 Å². The molecule has 1 rings (SSSR count). The summed E-state index contributed by atoms with van der Waals surface area (Å²) in [4.78, 5) is 0. The molecule has 114 valence electrons. The van der Waals surface area contributed by atoms with Crippen LogP contribution in [0.15, 0.2) is 18.7 Å². The normalized spacial score (nSPS) is 9.90. The smallest absolute Gasteiger partial charge is 0.0172 e. The van der Waals surface area contributed by atoms with Crippen LogP contribution in [-0.4, -0.2) is 0 Å². The zero-order chi connectivity index (χ0) is 15.5. The van der Waals surface area contributed by atoms with Gasteiger partial charge in [0.1, 0.15) is 0 Å². The van der Waals surface area contributed by atoms with Crippen LogP contribution in [0.3, 0.4) is 0 Å². The first kappa shape index (κ1) is 19.0. The van der Waals surface area contributed by atoms with E-state index in [1.54, 1.807) is 0 Å². The van der Waals surface area contributed by atoms with Crippen LogP contribution in [0.5, 0.6) is 0 Å². The van der Waals surface area contributed by atoms with Gasteiger partial charge in [0, 0.05) is 0 Å². The molecule has 0 aliphatic carbocycles. The number of aryl methyl sites for hydroxylation is 3. The second-order valence-electron chi connectivity index (χ2n) is 5.56. The molecule has 0 aliphatic heterocycles. The fourth-order valence-corrected chi connectivity index (χ4v) is 2.78. The number of allylic oxidation sites excluding steroid dienone is 1. The summed E-state index contributed by atoms with van der Waals surface area (Å²) in [5.41, 5.74) is 6.86. The van der Waals surface area contributed by atoms with Gasteiger partial charge in [0.05, 0.1) is 0 Å². The van der Waals surface area contributed by atoms with E-state index in [2.05, 4.69) is 46.4 Å². The van der Waals surface area contributed by atoms with Crippen LogP contribution in [0.4, 0.5) is 0 Å². The van der Waals surface area contributed by atoms with Crippen LogP contribution in [0.2, 0.25) is 0 Å². The summed E-state index contributed by atoms with van der Waals surface area (Å²) in [6, 6.07) is 4.61. The van der Waals surface area contributed by atoms with Gasteiger partial charge in [0.15, 0.2) is 0 Å². The monoisotopic (exact) mass is 274 g/mol. The fraction of sp³-hybridized carbons (Fsp3) is 0.600. The predicted octanol–water partition coefficient (Wildman–Crippen LogP) is 6.88. The van der Waals surface area contributed by atoms with Gasteiger partial charge in [0.25, 0.3) is 0 Å². The van der Waals surface area contributed by atoms with Crippen LogP contribution in [0, 0.1) is 13.8 Å². The predicted molar refractivity (Wildman–Crippen MR) is 94.4 cm³/mol. The summed E-state index contributed by atoms with van der Waals surface area (Å²) in [6.07, 6.45) is 7.94. The van der Waals surface area contributed by atoms with E-state index in [0.717, 1.165) is 0 Å². The molecule has 20 heavy (non-hydrogen) atoms. The molecule has 0 aliphatic rings. The molecule has 0 bridgehead atoms. The number of rotatable bonds is 7. The van der Waals surface area contributed by atoms with Crippen LogP contribution in [0.1, 0.15) is 82.1 Å². The van der Waals surface area contributed by atoms with Gasteiger partial charge in [-0.2, -0.15) is 0 Å². The van der Waals surface area contributed by atoms with Crippen LogP contribution < -0.4 is 0 Å². The van der Waals surface area contributed by atoms with E-state index < -0.39 is 0 Å². The summed E-state index contributed by atoms with van der Waals surface area (Å²) >= 11 is 0. The molecule has 0 fully saturated rings. The van der Waals surface area contributed by atoms with E-state index in [1.807, 2.05) is 13.8 Å². The Hall–Kier alpha value is -1.04. The van der Waals surface area contributed by atoms with Gasteiger partial charge in [-0.15, -0.1) is 0 Å². The Morgan fingerprint density at radius 3 is 2.15 bits per heavy atom. The Kier molecular flexibility index (Phi) is 10.2. The third-order valence-corrected chi connectivity index (χ3v) is 3.54. The third kappa shape index (κ3) is 6.41. The van der Waals surface area contributed by atoms with E-state index >= 15 is 0 Å². The minimum absolute atomic E-state index is 1.20. The summed E-state index contributed by atoms with van der Waals surface area (Å²) in [6.45, 7) is 16.9. The molecule has 0 aromatic heterocycles. The van der Waals surface area contributed by atoms with E-state index in [9.17, 15) is 0 Å². The maximum absolute atomic E-state index is 4.13. The van der Waals surface area contributed by atoms with Gasteiger partial charge in [-0.05, 0) is 50.3 Å². The number of hydrogen-bond donors (Lipinski definition) is 0. The lowest BCUT2D eigenvalue weighted by atomic mass is 9.91. The molecule has 0 saturated heterocycles. The first-order valence-electron chi connectivity index (χ1n) is 8.32. The zero-order valence-electron chi connectivity index (χ0n) is 14.6. The Morgan fingerprint density at radius 1 is 1.00 bits per heavy atom. The average Bonchev–Trinajstić information content (AvgIpc) is 2.39. The molecule has 0 spiro atoms. The number of hydrogen-bond acceptors (Lipinski definition) is 0. The lowest BCUT2D eigenvalue weighted by Crippen LogP contribution is -1.97. The topological polar surface area (TPSA) is 0 Å². The molecule has 1 aromatic rings. The molecule has 0 saturated carbocycles. The summed E-state index contributed by atoms with van der Waals surface area (Å²) in [5, 5.41) is 0. The molecular weight excluding hydrogens is 240 g/mol. The summed E-state index contributed by atoms with van der Waals surface area (Å²) in [7, 11) is 0. The molecule has 0 amide bonds. The van der Waals surface area contributed by atoms with Gasteiger partial charge in [0.2, 0.25) is 0 Å². The van der Waals surface area contributed by atoms with Crippen LogP contribution in [-0.2, 0) is 6.42 Å². The minimum atomic E-state index is 1.20. The molecule has 0 nitrogen and oxygen atoms in total. The van der Waals surface area contributed by atoms with E-state index in [1.165, 1.54) is 66.4 Å². The first-order chi connectivity index (χ1) is 9.56. The molecule has 0 N–H and O–H groups in total. The highest BCUT2D eigenvalue weighted by Gasteiger charge is 2.07. The van der Waals surface area contributed by atoms with E-state index in [-0.39, 0.29) is 0 Å². The SMILES string of the molecule is C=C(C)c1c(C)cc(C)cc1CCCCCCC.CC. The van der Waals surface area contributed by atoms with Crippen molar-refractivity contribution >= 4 is 5.57 Å². The Morgan fingerprint density at radius 2 is 1.60 bits per heavy atom. The number of benzene rings is 1. The number of unbranched alkanes of at least 4 members (excludes halogenated alkanes) is 4. The standard InChI is InChI=1S/C18H28.C2H6/c1-6-7-8-9-10-11-17-13-15(4)12-16(5)18(17)14(2)3;1-2/h12-13H,2,6-11H2,1,3-5H3;1-2H3. The van der Waals surface area contributed by atoms with Crippen molar-refractivity contribution in [1.82, 2.24) is 0 Å². The van der Waals surface area contributed by atoms with Crippen molar-refractivity contribution in [2.45, 2.75) is 80.1 Å². The molecule has 0 unspecified atom stereocenters. The molecule has 0 heteroatoms. The second kappa shape index (κ2) is 10.7. The van der Waals surface area contributed by atoms with Crippen molar-refractivity contribution in [3.8, 4) is 0 Å². The van der Waals surface area contributed by atoms with Crippen LogP contribution in [0.25, 0.3) is 5.57 Å².